The van der Waals surface area contributed by atoms with E-state index in [9.17, 15) is 13.2 Å². The molecule has 2 saturated carbocycles. The Kier molecular flexibility index (Phi) is 4.54. The largest absolute Gasteiger partial charge is 0.476 e. The molecule has 3 atom stereocenters. The van der Waals surface area contributed by atoms with E-state index in [-0.39, 0.29) is 5.56 Å². The minimum Gasteiger partial charge on any atom is -0.476 e. The van der Waals surface area contributed by atoms with Crippen LogP contribution in [0.25, 0.3) is 5.82 Å². The molecule has 2 bridgehead atoms. The molecule has 0 aliphatic heterocycles. The number of aromatic nitrogens is 3. The Labute approximate surface area is 151 Å². The minimum absolute atomic E-state index is 0.0952. The first kappa shape index (κ1) is 16.9. The highest BCUT2D eigenvalue weighted by molar-refractivity contribution is 7.62. The van der Waals surface area contributed by atoms with Crippen molar-refractivity contribution in [1.29, 1.82) is 0 Å². The third-order valence-electron chi connectivity index (χ3n) is 5.28. The Morgan fingerprint density at radius 2 is 2.15 bits per heavy atom. The highest BCUT2D eigenvalue weighted by Gasteiger charge is 2.39. The van der Waals surface area contributed by atoms with Crippen molar-refractivity contribution in [1.82, 2.24) is 14.8 Å². The Bertz CT molecular complexity index is 943. The van der Waals surface area contributed by atoms with Gasteiger partial charge in [0.15, 0.2) is 5.82 Å². The summed E-state index contributed by atoms with van der Waals surface area (Å²) in [6, 6.07) is 4.81. The summed E-state index contributed by atoms with van der Waals surface area (Å²) in [6.07, 6.45) is 8.32. The smallest absolute Gasteiger partial charge is 0.319 e. The number of rotatable bonds is 5. The third kappa shape index (κ3) is 3.52. The maximum atomic E-state index is 11.5. The molecule has 26 heavy (non-hydrogen) atoms. The predicted molar refractivity (Wildman–Crippen MR) is 91.5 cm³/mol. The number of hydrogen-bond donors (Lipinski definition) is 0. The first-order chi connectivity index (χ1) is 12.6. The summed E-state index contributed by atoms with van der Waals surface area (Å²) in [4.78, 5) is 15.7. The SMILES string of the molecule is O=C(N=S(=O)=O)c1ccc(-n2ccc(OCC3C[C@@H]4CC[C@H]3C4)n2)nc1. The Morgan fingerprint density at radius 1 is 1.27 bits per heavy atom. The average Bonchev–Trinajstić information content (AvgIpc) is 3.36. The zero-order valence-electron chi connectivity index (χ0n) is 14.0. The van der Waals surface area contributed by atoms with Gasteiger partial charge in [-0.1, -0.05) is 10.8 Å². The molecule has 1 amide bonds. The van der Waals surface area contributed by atoms with Crippen molar-refractivity contribution >= 4 is 16.4 Å². The molecule has 0 aromatic carbocycles. The summed E-state index contributed by atoms with van der Waals surface area (Å²) < 4.78 is 31.2. The van der Waals surface area contributed by atoms with Crippen molar-refractivity contribution in [3.63, 3.8) is 0 Å². The van der Waals surface area contributed by atoms with Gasteiger partial charge in [-0.25, -0.2) is 9.67 Å². The second-order valence-electron chi connectivity index (χ2n) is 6.86. The van der Waals surface area contributed by atoms with E-state index < -0.39 is 16.4 Å². The molecule has 0 saturated heterocycles. The second kappa shape index (κ2) is 6.99. The van der Waals surface area contributed by atoms with Gasteiger partial charge >= 0.3 is 10.5 Å². The van der Waals surface area contributed by atoms with Crippen molar-refractivity contribution in [2.75, 3.05) is 6.61 Å². The molecule has 4 rings (SSSR count). The van der Waals surface area contributed by atoms with E-state index in [4.69, 9.17) is 4.74 Å². The van der Waals surface area contributed by atoms with E-state index in [1.165, 1.54) is 37.9 Å². The molecule has 2 aliphatic carbocycles. The first-order valence-corrected chi connectivity index (χ1v) is 9.62. The van der Waals surface area contributed by atoms with Crippen LogP contribution < -0.4 is 4.74 Å². The molecular weight excluding hydrogens is 356 g/mol. The van der Waals surface area contributed by atoms with Crippen molar-refractivity contribution in [2.45, 2.75) is 25.7 Å². The Hall–Kier alpha value is -2.55. The molecule has 0 N–H and O–H groups in total. The summed E-state index contributed by atoms with van der Waals surface area (Å²) in [5, 5.41) is 4.35. The van der Waals surface area contributed by atoms with Crippen LogP contribution in [0.15, 0.2) is 35.0 Å². The molecule has 1 unspecified atom stereocenters. The summed E-state index contributed by atoms with van der Waals surface area (Å²) >= 11 is 0. The lowest BCUT2D eigenvalue weighted by Crippen LogP contribution is -2.18. The van der Waals surface area contributed by atoms with E-state index in [1.807, 2.05) is 0 Å². The molecule has 8 nitrogen and oxygen atoms in total. The van der Waals surface area contributed by atoms with Gasteiger partial charge < -0.3 is 4.74 Å². The van der Waals surface area contributed by atoms with E-state index in [2.05, 4.69) is 14.4 Å². The highest BCUT2D eigenvalue weighted by Crippen LogP contribution is 2.48. The molecule has 2 heterocycles. The van der Waals surface area contributed by atoms with Crippen LogP contribution in [-0.2, 0) is 10.5 Å². The van der Waals surface area contributed by atoms with Crippen molar-refractivity contribution in [3.05, 3.63) is 36.2 Å². The summed E-state index contributed by atoms with van der Waals surface area (Å²) in [5.74, 6) is 2.53. The molecule has 2 fully saturated rings. The molecule has 2 aliphatic rings. The molecule has 2 aromatic heterocycles. The number of ether oxygens (including phenoxy) is 1. The summed E-state index contributed by atoms with van der Waals surface area (Å²) in [7, 11) is -2.78. The predicted octanol–water partition coefficient (Wildman–Crippen LogP) is 2.29. The fourth-order valence-corrected chi connectivity index (χ4v) is 4.29. The van der Waals surface area contributed by atoms with Crippen LogP contribution in [-0.4, -0.2) is 35.7 Å². The van der Waals surface area contributed by atoms with Crippen molar-refractivity contribution < 1.29 is 17.9 Å². The fraction of sp³-hybridized carbons (Fsp3) is 0.471. The number of carbonyl (C=O) groups is 1. The molecule has 9 heteroatoms. The molecule has 0 spiro atoms. The zero-order valence-corrected chi connectivity index (χ0v) is 14.8. The number of carbonyl (C=O) groups excluding carboxylic acids is 1. The van der Waals surface area contributed by atoms with Crippen LogP contribution >= 0.6 is 0 Å². The standard InChI is InChI=1S/C17H18N4O4S/c22-17(20-26(23)24)13-3-4-15(18-9-13)21-6-5-16(19-21)25-10-14-8-11-1-2-12(14)7-11/h3-6,9,11-12,14H,1-2,7-8,10H2/t11-,12+,14?/m1/s1. The topological polar surface area (TPSA) is 104 Å². The number of pyridine rings is 1. The molecule has 136 valence electrons. The van der Waals surface area contributed by atoms with Crippen LogP contribution in [0.5, 0.6) is 5.88 Å². The van der Waals surface area contributed by atoms with E-state index in [0.29, 0.717) is 24.2 Å². The van der Waals surface area contributed by atoms with Crippen LogP contribution in [0.1, 0.15) is 36.0 Å². The first-order valence-electron chi connectivity index (χ1n) is 8.59. The molecule has 2 aromatic rings. The van der Waals surface area contributed by atoms with Crippen LogP contribution in [0.2, 0.25) is 0 Å². The van der Waals surface area contributed by atoms with Gasteiger partial charge in [-0.3, -0.25) is 4.79 Å². The minimum atomic E-state index is -2.78. The van der Waals surface area contributed by atoms with Gasteiger partial charge in [-0.2, -0.15) is 8.42 Å². The number of fused-ring (bicyclic) bond motifs is 2. The number of hydrogen-bond acceptors (Lipinski definition) is 6. The molecule has 0 radical (unpaired) electrons. The zero-order chi connectivity index (χ0) is 18.1. The lowest BCUT2D eigenvalue weighted by atomic mass is 9.90. The normalized spacial score (nSPS) is 23.8. The van der Waals surface area contributed by atoms with Gasteiger partial charge in [0, 0.05) is 18.5 Å². The fourth-order valence-electron chi connectivity index (χ4n) is 4.05. The second-order valence-corrected chi connectivity index (χ2v) is 7.48. The maximum absolute atomic E-state index is 11.5. The monoisotopic (exact) mass is 374 g/mol. The summed E-state index contributed by atoms with van der Waals surface area (Å²) in [6.45, 7) is 0.701. The van der Waals surface area contributed by atoms with Crippen molar-refractivity contribution in [2.24, 2.45) is 22.1 Å². The van der Waals surface area contributed by atoms with Gasteiger partial charge in [-0.05, 0) is 49.1 Å². The number of nitrogens with zero attached hydrogens (tertiary/aromatic N) is 4. The van der Waals surface area contributed by atoms with Crippen LogP contribution in [0.4, 0.5) is 0 Å². The summed E-state index contributed by atoms with van der Waals surface area (Å²) in [5.41, 5.74) is 0.0952. The Morgan fingerprint density at radius 3 is 2.81 bits per heavy atom. The lowest BCUT2D eigenvalue weighted by Gasteiger charge is -2.20. The van der Waals surface area contributed by atoms with Gasteiger partial charge in [0.05, 0.1) is 12.2 Å². The van der Waals surface area contributed by atoms with E-state index in [0.717, 1.165) is 11.8 Å². The molecular formula is C17H18N4O4S. The van der Waals surface area contributed by atoms with Gasteiger partial charge in [0.25, 0.3) is 5.91 Å². The quantitative estimate of drug-likeness (QED) is 0.795. The average molecular weight is 374 g/mol. The van der Waals surface area contributed by atoms with Gasteiger partial charge in [-0.15, -0.1) is 5.10 Å². The lowest BCUT2D eigenvalue weighted by molar-refractivity contribution is 0.100. The third-order valence-corrected chi connectivity index (χ3v) is 5.60. The highest BCUT2D eigenvalue weighted by atomic mass is 32.2. The van der Waals surface area contributed by atoms with Gasteiger partial charge in [0.2, 0.25) is 5.88 Å². The van der Waals surface area contributed by atoms with E-state index in [1.54, 1.807) is 23.0 Å². The Balaban J connectivity index is 1.39. The van der Waals surface area contributed by atoms with E-state index >= 15 is 0 Å². The van der Waals surface area contributed by atoms with Crippen LogP contribution in [0.3, 0.4) is 0 Å². The van der Waals surface area contributed by atoms with Crippen molar-refractivity contribution in [3.8, 4) is 11.7 Å². The maximum Gasteiger partial charge on any atom is 0.319 e. The van der Waals surface area contributed by atoms with Crippen LogP contribution in [0, 0.1) is 17.8 Å². The van der Waals surface area contributed by atoms with Gasteiger partial charge in [0.1, 0.15) is 0 Å². The number of amides is 1.